The molecule has 0 bridgehead atoms. The second-order valence-electron chi connectivity index (χ2n) is 37.0. The molecule has 0 N–H and O–H groups in total. The molecular weight excluding hydrogens is 1800 g/mol. The molecule has 20 nitrogen and oxygen atoms in total. The molecule has 0 radical (unpaired) electrons. The first-order valence-electron chi connectivity index (χ1n) is 48.9. The molecule has 7 aliphatic rings. The highest BCUT2D eigenvalue weighted by atomic mass is 16.2. The van der Waals surface area contributed by atoms with Crippen LogP contribution < -0.4 is 24.5 Å². The van der Waals surface area contributed by atoms with E-state index in [1.54, 1.807) is 18.3 Å². The van der Waals surface area contributed by atoms with Gasteiger partial charge in [-0.2, -0.15) is 0 Å². The third-order valence-electron chi connectivity index (χ3n) is 29.5. The zero-order valence-electron chi connectivity index (χ0n) is 78.3. The molecule has 0 spiro atoms. The number of carbonyl (C=O) groups excluding carboxylic acids is 4. The van der Waals surface area contributed by atoms with Gasteiger partial charge in [0.15, 0.2) is 0 Å². The summed E-state index contributed by atoms with van der Waals surface area (Å²) in [6.45, 7) is 3.02. The topological polar surface area (TPSA) is 178 Å². The van der Waals surface area contributed by atoms with Gasteiger partial charge >= 0.3 is 0 Å². The van der Waals surface area contributed by atoms with Crippen LogP contribution in [-0.2, 0) is 5.41 Å². The molecule has 7 aliphatic heterocycles. The lowest BCUT2D eigenvalue weighted by atomic mass is 9.62. The molecule has 0 aliphatic carbocycles. The van der Waals surface area contributed by atoms with Gasteiger partial charge in [-0.25, -0.2) is 24.9 Å². The molecule has 6 aromatic heterocycles. The molecule has 0 atom stereocenters. The first-order valence-corrected chi connectivity index (χ1v) is 48.9. The average molecular weight is 1880 g/mol. The number of nitrogens with zero attached hydrogens (tertiary/aromatic N) is 16. The molecule has 25 aromatic rings. The third kappa shape index (κ3) is 11.8. The largest absolute Gasteiger partial charge is 0.338 e. The van der Waals surface area contributed by atoms with Crippen molar-refractivity contribution in [3.63, 3.8) is 0 Å². The lowest BCUT2D eigenvalue weighted by molar-refractivity contribution is 0.0965. The van der Waals surface area contributed by atoms with Crippen molar-refractivity contribution in [1.82, 2.24) is 52.2 Å². The Hall–Kier alpha value is -20.0. The summed E-state index contributed by atoms with van der Waals surface area (Å²) in [4.78, 5) is 91.6. The SMILES string of the molecule is CCN1c2ccccc2N(c2cccc3c2C(=O)n2c-3nc3ccccc32)c2ccccc21.O=C1c2c(cccc2-n2c3ccccc3n3c4ccccc4nc23)-c2nc3ccccc3n21.O=C1c2c(cccc2N2c3ccccc3C(c3ccccc3)(c3ccccc3)c3ccccc32)-c2nc3ccccc3n21.O=C1c2c(cccc2N2c3ccccc3N(c3ccccc3)c3ccccc32)-c2nc3ccccc3n21. The Kier molecular flexibility index (Phi) is 18.4. The minimum absolute atomic E-state index is 0.0304. The molecule has 0 unspecified atom stereocenters. The number of benzene rings is 19. The summed E-state index contributed by atoms with van der Waals surface area (Å²) in [6.07, 6.45) is 0. The number of rotatable bonds is 8. The van der Waals surface area contributed by atoms with Crippen LogP contribution in [0, 0.1) is 0 Å². The fourth-order valence-electron chi connectivity index (χ4n) is 23.6. The van der Waals surface area contributed by atoms with Crippen LogP contribution in [0.3, 0.4) is 0 Å². The number of fused-ring (bicyclic) bond motifs is 31. The molecule has 32 rings (SSSR count). The van der Waals surface area contributed by atoms with Crippen molar-refractivity contribution < 1.29 is 19.2 Å². The third-order valence-corrected chi connectivity index (χ3v) is 29.5. The van der Waals surface area contributed by atoms with Crippen LogP contribution in [0.4, 0.5) is 79.6 Å². The van der Waals surface area contributed by atoms with Crippen molar-refractivity contribution in [2.75, 3.05) is 31.0 Å². The number of hydrogen-bond acceptors (Lipinski definition) is 14. The van der Waals surface area contributed by atoms with Crippen molar-refractivity contribution in [2.45, 2.75) is 12.3 Å². The van der Waals surface area contributed by atoms with E-state index in [4.69, 9.17) is 24.9 Å². The van der Waals surface area contributed by atoms with Crippen molar-refractivity contribution >= 4 is 175 Å². The zero-order valence-corrected chi connectivity index (χ0v) is 78.3. The van der Waals surface area contributed by atoms with E-state index >= 15 is 0 Å². The van der Waals surface area contributed by atoms with E-state index in [2.05, 4.69) is 283 Å². The number of carbonyl (C=O) groups is 4. The minimum Gasteiger partial charge on any atom is -0.338 e. The number of imidazole rings is 6. The maximum atomic E-state index is 14.3. The predicted molar refractivity (Wildman–Crippen MR) is 580 cm³/mol. The Labute approximate surface area is 835 Å². The van der Waals surface area contributed by atoms with Crippen LogP contribution in [0.1, 0.15) is 70.6 Å². The molecule has 20 heteroatoms. The van der Waals surface area contributed by atoms with Gasteiger partial charge in [-0.1, -0.05) is 285 Å². The number of aromatic nitrogens is 11. The first-order chi connectivity index (χ1) is 72.2. The van der Waals surface area contributed by atoms with Crippen molar-refractivity contribution in [1.29, 1.82) is 0 Å². The van der Waals surface area contributed by atoms with Gasteiger partial charge in [0.05, 0.1) is 173 Å². The number of para-hydroxylation sites is 23. The highest BCUT2D eigenvalue weighted by molar-refractivity contribution is 6.22. The highest BCUT2D eigenvalue weighted by Crippen LogP contribution is 2.62. The van der Waals surface area contributed by atoms with Gasteiger partial charge < -0.3 is 24.5 Å². The maximum Gasteiger partial charge on any atom is 0.267 e. The number of anilines is 14. The van der Waals surface area contributed by atoms with Crippen molar-refractivity contribution in [3.8, 4) is 51.2 Å². The summed E-state index contributed by atoms with van der Waals surface area (Å²) in [5.74, 6) is 3.41. The Balaban J connectivity index is 0.0000000927. The van der Waals surface area contributed by atoms with Gasteiger partial charge in [-0.15, -0.1) is 0 Å². The van der Waals surface area contributed by atoms with Crippen molar-refractivity contribution in [3.05, 3.63) is 499 Å². The number of hydrogen-bond donors (Lipinski definition) is 0. The normalized spacial score (nSPS) is 13.6. The van der Waals surface area contributed by atoms with E-state index in [1.807, 2.05) is 212 Å². The van der Waals surface area contributed by atoms with Crippen LogP contribution >= 0.6 is 0 Å². The van der Waals surface area contributed by atoms with Gasteiger partial charge in [0.2, 0.25) is 5.78 Å². The van der Waals surface area contributed by atoms with E-state index in [9.17, 15) is 19.2 Å². The monoisotopic (exact) mass is 1880 g/mol. The van der Waals surface area contributed by atoms with E-state index in [0.717, 1.165) is 197 Å². The molecule has 13 heterocycles. The van der Waals surface area contributed by atoms with Crippen LogP contribution in [0.2, 0.25) is 0 Å². The maximum absolute atomic E-state index is 14.3. The lowest BCUT2D eigenvalue weighted by Gasteiger charge is -2.46. The van der Waals surface area contributed by atoms with Gasteiger partial charge in [-0.05, 0) is 199 Å². The summed E-state index contributed by atoms with van der Waals surface area (Å²) in [5, 5.41) is 0. The Bertz CT molecular complexity index is 9690. The van der Waals surface area contributed by atoms with Gasteiger partial charge in [0.1, 0.15) is 23.3 Å². The summed E-state index contributed by atoms with van der Waals surface area (Å²) in [5.41, 5.74) is 36.1. The molecule has 0 saturated carbocycles. The predicted octanol–water partition coefficient (Wildman–Crippen LogP) is 28.9. The Morgan fingerprint density at radius 1 is 0.205 bits per heavy atom. The average Bonchev–Trinajstić information content (AvgIpc) is 1.35. The second-order valence-corrected chi connectivity index (χ2v) is 37.0. The van der Waals surface area contributed by atoms with E-state index in [1.165, 1.54) is 11.1 Å². The van der Waals surface area contributed by atoms with Gasteiger partial charge in [-0.3, -0.25) is 46.4 Å². The summed E-state index contributed by atoms with van der Waals surface area (Å²) < 4.78 is 11.3. The molecule has 19 aromatic carbocycles. The molecule has 0 saturated heterocycles. The zero-order chi connectivity index (χ0) is 96.8. The minimum atomic E-state index is -0.558. The van der Waals surface area contributed by atoms with Crippen LogP contribution in [0.15, 0.2) is 455 Å². The summed E-state index contributed by atoms with van der Waals surface area (Å²) in [7, 11) is 0. The summed E-state index contributed by atoms with van der Waals surface area (Å²) in [6, 6.07) is 154. The van der Waals surface area contributed by atoms with Crippen molar-refractivity contribution in [2.24, 2.45) is 0 Å². The van der Waals surface area contributed by atoms with E-state index in [0.29, 0.717) is 45.6 Å². The molecule has 0 amide bonds. The summed E-state index contributed by atoms with van der Waals surface area (Å²) >= 11 is 0. The lowest BCUT2D eigenvalue weighted by Crippen LogP contribution is -2.38. The standard InChI is InChI=1S/C39H25N3O.C32H20N4O.C28H20N4O.C27H15N5O/c43-38-36-28(37-40-31-21-9-12-24-34(31)42(37)38)18-13-25-35(36)41-32-22-10-7-19-29(32)39(26-14-3-1-4-15-26,27-16-5-2-6-17-27)30-20-8-11-23-33(30)41;37-32-30-22(31-33-23-14-4-5-15-24(23)36(31)32)13-10-20-29(30)35-27-18-8-6-16-25(27)34(21-11-2-1-3-12-21)26-17-7-9-19-28(26)35;1-2-30-21-13-5-7-15-23(21)31(24-16-8-6-14-22(24)30)25-17-9-10-18-26(25)28(33)32-20-12-4-3-11-19(20)29-27(18)32;33-26-24-16(25-28-17-9-1-4-12-20(17)32(25)26)8-7-15-23(24)31-22-14-6-5-13-21(22)30-19-11-3-2-10-18(19)29-27(30)31/h1-25H;1-20H;3-17H,2H2,1H3;1-15H. The van der Waals surface area contributed by atoms with Crippen LogP contribution in [-0.4, -0.2) is 82.3 Å². The molecule has 0 fully saturated rings. The molecule has 688 valence electrons. The molecular formula is C126H80N16O4. The quantitative estimate of drug-likeness (QED) is 0.140. The highest BCUT2D eigenvalue weighted by Gasteiger charge is 2.49. The first kappa shape index (κ1) is 83.0. The fourth-order valence-corrected chi connectivity index (χ4v) is 23.6. The Morgan fingerprint density at radius 2 is 0.466 bits per heavy atom. The van der Waals surface area contributed by atoms with Gasteiger partial charge in [0.25, 0.3) is 23.6 Å². The van der Waals surface area contributed by atoms with Gasteiger partial charge in [0, 0.05) is 34.5 Å². The second kappa shape index (κ2) is 32.3. The van der Waals surface area contributed by atoms with E-state index < -0.39 is 5.41 Å². The molecule has 146 heavy (non-hydrogen) atoms. The Morgan fingerprint density at radius 3 is 0.836 bits per heavy atom. The fraction of sp³-hybridized carbons (Fsp3) is 0.0238. The van der Waals surface area contributed by atoms with Crippen LogP contribution in [0.25, 0.3) is 123 Å². The van der Waals surface area contributed by atoms with Crippen LogP contribution in [0.5, 0.6) is 0 Å². The smallest absolute Gasteiger partial charge is 0.267 e. The van der Waals surface area contributed by atoms with E-state index in [-0.39, 0.29) is 23.6 Å².